The summed E-state index contributed by atoms with van der Waals surface area (Å²) < 4.78 is 17.8. The minimum atomic E-state index is -0.275. The van der Waals surface area contributed by atoms with E-state index in [0.717, 1.165) is 32.5 Å². The molecule has 1 amide bonds. The molecule has 0 heterocycles. The van der Waals surface area contributed by atoms with Gasteiger partial charge in [0.2, 0.25) is 0 Å². The molecule has 0 saturated heterocycles. The molecular formula is C39H42BrNO5. The fraction of sp³-hybridized carbons (Fsp3) is 0.308. The van der Waals surface area contributed by atoms with Crippen molar-refractivity contribution in [3.05, 3.63) is 129 Å². The van der Waals surface area contributed by atoms with E-state index in [4.69, 9.17) is 19.0 Å². The summed E-state index contributed by atoms with van der Waals surface area (Å²) in [6.07, 6.45) is 11.3. The van der Waals surface area contributed by atoms with Gasteiger partial charge in [-0.3, -0.25) is 9.63 Å². The van der Waals surface area contributed by atoms with Gasteiger partial charge >= 0.3 is 0 Å². The standard InChI is InChI=1S/C39H42BrNO5/c1-43-37-23-15-29(25-38(37)44-2)16-24-39(42)41(26-30-11-19-35(40)20-12-30)46-28-32-13-21-36(22-14-32)45-27-31-9-17-34(18-10-31)33-7-5-3-4-6-8-33/h9-25,33H,3-8,26-28H2,1-2H3/b24-16+. The SMILES string of the molecule is COc1ccc(/C=C/C(=O)N(Cc2ccc(Br)cc2)OCc2ccc(OCc3ccc(C4CCCCCC4)cc3)cc2)cc1OC. The molecule has 46 heavy (non-hydrogen) atoms. The smallest absolute Gasteiger partial charge is 0.270 e. The predicted octanol–water partition coefficient (Wildman–Crippen LogP) is 9.66. The Hall–Kier alpha value is -4.07. The van der Waals surface area contributed by atoms with Crippen LogP contribution in [0.25, 0.3) is 6.08 Å². The number of carbonyl (C=O) groups excluding carboxylic acids is 1. The molecule has 0 radical (unpaired) electrons. The van der Waals surface area contributed by atoms with Gasteiger partial charge in [0.25, 0.3) is 5.91 Å². The summed E-state index contributed by atoms with van der Waals surface area (Å²) in [4.78, 5) is 19.4. The number of methoxy groups -OCH3 is 2. The maximum absolute atomic E-state index is 13.3. The van der Waals surface area contributed by atoms with Crippen LogP contribution in [0.2, 0.25) is 0 Å². The Morgan fingerprint density at radius 3 is 2.07 bits per heavy atom. The molecule has 0 spiro atoms. The molecule has 1 saturated carbocycles. The normalized spacial score (nSPS) is 13.7. The number of amides is 1. The van der Waals surface area contributed by atoms with Gasteiger partial charge in [-0.05, 0) is 89.1 Å². The number of ether oxygens (including phenoxy) is 3. The topological polar surface area (TPSA) is 57.2 Å². The molecule has 0 aromatic heterocycles. The molecule has 0 bridgehead atoms. The van der Waals surface area contributed by atoms with Gasteiger partial charge in [0.1, 0.15) is 19.0 Å². The lowest BCUT2D eigenvalue weighted by Crippen LogP contribution is -2.29. The fourth-order valence-electron chi connectivity index (χ4n) is 5.65. The molecule has 4 aromatic carbocycles. The van der Waals surface area contributed by atoms with Gasteiger partial charge in [-0.15, -0.1) is 0 Å². The average molecular weight is 685 g/mol. The highest BCUT2D eigenvalue weighted by atomic mass is 79.9. The lowest BCUT2D eigenvalue weighted by molar-refractivity contribution is -0.190. The fourth-order valence-corrected chi connectivity index (χ4v) is 5.91. The van der Waals surface area contributed by atoms with E-state index >= 15 is 0 Å². The zero-order valence-electron chi connectivity index (χ0n) is 26.6. The molecule has 0 aliphatic heterocycles. The largest absolute Gasteiger partial charge is 0.493 e. The van der Waals surface area contributed by atoms with E-state index < -0.39 is 0 Å². The number of rotatable bonds is 13. The molecule has 1 aliphatic rings. The van der Waals surface area contributed by atoms with Crippen molar-refractivity contribution in [3.63, 3.8) is 0 Å². The molecule has 7 heteroatoms. The van der Waals surface area contributed by atoms with E-state index in [1.54, 1.807) is 26.4 Å². The summed E-state index contributed by atoms with van der Waals surface area (Å²) in [5.41, 5.74) is 5.30. The number of hydroxylamine groups is 2. The number of hydrogen-bond donors (Lipinski definition) is 0. The van der Waals surface area contributed by atoms with Crippen LogP contribution in [0, 0.1) is 0 Å². The minimum absolute atomic E-state index is 0.232. The van der Waals surface area contributed by atoms with Gasteiger partial charge in [-0.25, -0.2) is 5.06 Å². The van der Waals surface area contributed by atoms with Gasteiger partial charge in [0, 0.05) is 10.5 Å². The van der Waals surface area contributed by atoms with Crippen molar-refractivity contribution < 1.29 is 23.8 Å². The molecule has 240 valence electrons. The van der Waals surface area contributed by atoms with Gasteiger partial charge in [0.05, 0.1) is 20.8 Å². The lowest BCUT2D eigenvalue weighted by atomic mass is 9.91. The highest BCUT2D eigenvalue weighted by Gasteiger charge is 2.15. The highest BCUT2D eigenvalue weighted by molar-refractivity contribution is 9.10. The third-order valence-corrected chi connectivity index (χ3v) is 8.86. The van der Waals surface area contributed by atoms with Crippen LogP contribution >= 0.6 is 15.9 Å². The molecule has 4 aromatic rings. The van der Waals surface area contributed by atoms with Gasteiger partial charge in [0.15, 0.2) is 11.5 Å². The van der Waals surface area contributed by atoms with Gasteiger partial charge in [-0.2, -0.15) is 0 Å². The first-order valence-corrected chi connectivity index (χ1v) is 16.7. The summed E-state index contributed by atoms with van der Waals surface area (Å²) in [7, 11) is 3.17. The summed E-state index contributed by atoms with van der Waals surface area (Å²) in [5.74, 6) is 2.43. The molecule has 0 atom stereocenters. The van der Waals surface area contributed by atoms with Crippen molar-refractivity contribution in [2.45, 2.75) is 64.2 Å². The summed E-state index contributed by atoms with van der Waals surface area (Å²) in [6.45, 7) is 1.04. The number of carbonyl (C=O) groups is 1. The van der Waals surface area contributed by atoms with Crippen LogP contribution in [0.5, 0.6) is 17.2 Å². The van der Waals surface area contributed by atoms with Crippen molar-refractivity contribution in [2.24, 2.45) is 0 Å². The zero-order chi connectivity index (χ0) is 32.1. The Labute approximate surface area is 281 Å². The average Bonchev–Trinajstić information content (AvgIpc) is 3.39. The number of hydrogen-bond acceptors (Lipinski definition) is 5. The molecule has 1 aliphatic carbocycles. The van der Waals surface area contributed by atoms with Crippen LogP contribution in [-0.2, 0) is 29.4 Å². The Morgan fingerprint density at radius 1 is 0.761 bits per heavy atom. The second-order valence-corrected chi connectivity index (χ2v) is 12.5. The molecule has 1 fully saturated rings. The first-order chi connectivity index (χ1) is 22.5. The van der Waals surface area contributed by atoms with Crippen LogP contribution < -0.4 is 14.2 Å². The third kappa shape index (κ3) is 9.71. The maximum atomic E-state index is 13.3. The molecule has 5 rings (SSSR count). The third-order valence-electron chi connectivity index (χ3n) is 8.33. The predicted molar refractivity (Wildman–Crippen MR) is 186 cm³/mol. The first-order valence-electron chi connectivity index (χ1n) is 15.9. The Morgan fingerprint density at radius 2 is 1.39 bits per heavy atom. The van der Waals surface area contributed by atoms with E-state index in [2.05, 4.69) is 40.2 Å². The molecular weight excluding hydrogens is 642 g/mol. The van der Waals surface area contributed by atoms with Crippen LogP contribution in [-0.4, -0.2) is 25.2 Å². The van der Waals surface area contributed by atoms with Crippen molar-refractivity contribution in [3.8, 4) is 17.2 Å². The monoisotopic (exact) mass is 683 g/mol. The van der Waals surface area contributed by atoms with Crippen molar-refractivity contribution in [1.82, 2.24) is 5.06 Å². The second-order valence-electron chi connectivity index (χ2n) is 11.6. The Bertz CT molecular complexity index is 1560. The number of nitrogens with zero attached hydrogens (tertiary/aromatic N) is 1. The van der Waals surface area contributed by atoms with E-state index in [-0.39, 0.29) is 12.5 Å². The minimum Gasteiger partial charge on any atom is -0.493 e. The number of benzene rings is 4. The van der Waals surface area contributed by atoms with Crippen molar-refractivity contribution >= 4 is 27.9 Å². The van der Waals surface area contributed by atoms with E-state index in [1.807, 2.05) is 60.7 Å². The summed E-state index contributed by atoms with van der Waals surface area (Å²) >= 11 is 3.47. The zero-order valence-corrected chi connectivity index (χ0v) is 28.2. The summed E-state index contributed by atoms with van der Waals surface area (Å²) in [5, 5.41) is 1.38. The molecule has 6 nitrogen and oxygen atoms in total. The Kier molecular flexibility index (Phi) is 12.3. The molecule has 0 N–H and O–H groups in total. The van der Waals surface area contributed by atoms with Crippen LogP contribution in [0.4, 0.5) is 0 Å². The van der Waals surface area contributed by atoms with Gasteiger partial charge < -0.3 is 14.2 Å². The number of halogens is 1. The van der Waals surface area contributed by atoms with Crippen LogP contribution in [0.15, 0.2) is 102 Å². The Balaban J connectivity index is 1.18. The van der Waals surface area contributed by atoms with E-state index in [1.165, 1.54) is 55.2 Å². The van der Waals surface area contributed by atoms with Crippen molar-refractivity contribution in [1.29, 1.82) is 0 Å². The first kappa shape index (κ1) is 33.3. The molecule has 0 unspecified atom stereocenters. The van der Waals surface area contributed by atoms with E-state index in [9.17, 15) is 4.79 Å². The maximum Gasteiger partial charge on any atom is 0.270 e. The van der Waals surface area contributed by atoms with Crippen LogP contribution in [0.1, 0.15) is 72.3 Å². The quantitative estimate of drug-likeness (QED) is 0.0798. The highest BCUT2D eigenvalue weighted by Crippen LogP contribution is 2.32. The summed E-state index contributed by atoms with van der Waals surface area (Å²) in [6, 6.07) is 30.1. The lowest BCUT2D eigenvalue weighted by Gasteiger charge is -2.21. The van der Waals surface area contributed by atoms with E-state index in [0.29, 0.717) is 30.6 Å². The van der Waals surface area contributed by atoms with Gasteiger partial charge in [-0.1, -0.05) is 96.2 Å². The van der Waals surface area contributed by atoms with Crippen molar-refractivity contribution in [2.75, 3.05) is 14.2 Å². The van der Waals surface area contributed by atoms with Crippen LogP contribution in [0.3, 0.4) is 0 Å². The second kappa shape index (κ2) is 17.0.